The maximum absolute atomic E-state index is 9.94. The van der Waals surface area contributed by atoms with E-state index in [1.54, 1.807) is 0 Å². The predicted octanol–water partition coefficient (Wildman–Crippen LogP) is 2.21. The lowest BCUT2D eigenvalue weighted by molar-refractivity contribution is -0.0208. The summed E-state index contributed by atoms with van der Waals surface area (Å²) in [5.41, 5.74) is 0. The topological polar surface area (TPSA) is 23.5 Å². The summed E-state index contributed by atoms with van der Waals surface area (Å²) in [7, 11) is 0. The largest absolute Gasteiger partial charge is 0.393 e. The van der Waals surface area contributed by atoms with Crippen LogP contribution in [-0.4, -0.2) is 34.2 Å². The number of nitrogens with zero attached hydrogens (tertiary/aromatic N) is 1. The molecule has 4 atom stereocenters. The second-order valence-electron chi connectivity index (χ2n) is 4.62. The van der Waals surface area contributed by atoms with Gasteiger partial charge in [-0.1, -0.05) is 29.3 Å². The van der Waals surface area contributed by atoms with Crippen LogP contribution in [0.1, 0.15) is 32.6 Å². The van der Waals surface area contributed by atoms with E-state index in [0.717, 1.165) is 19.5 Å². The Morgan fingerprint density at radius 2 is 2.07 bits per heavy atom. The lowest BCUT2D eigenvalue weighted by atomic mass is 9.73. The van der Waals surface area contributed by atoms with Crippen molar-refractivity contribution in [1.29, 1.82) is 0 Å². The van der Waals surface area contributed by atoms with Gasteiger partial charge < -0.3 is 5.11 Å². The van der Waals surface area contributed by atoms with Crippen LogP contribution < -0.4 is 0 Å². The monoisotopic (exact) mass is 261 g/mol. The van der Waals surface area contributed by atoms with E-state index in [0.29, 0.717) is 16.8 Å². The summed E-state index contributed by atoms with van der Waals surface area (Å²) in [6.07, 6.45) is 4.65. The molecule has 1 saturated carbocycles. The Kier molecular flexibility index (Phi) is 3.50. The maximum Gasteiger partial charge on any atom is 0.0687 e. The minimum Gasteiger partial charge on any atom is -0.393 e. The second kappa shape index (κ2) is 4.50. The molecule has 82 valence electrons. The Balaban J connectivity index is 2.06. The summed E-state index contributed by atoms with van der Waals surface area (Å²) in [6, 6.07) is 0. The van der Waals surface area contributed by atoms with Crippen molar-refractivity contribution in [3.05, 3.63) is 0 Å². The van der Waals surface area contributed by atoms with Crippen LogP contribution in [0.5, 0.6) is 0 Å². The van der Waals surface area contributed by atoms with Crippen LogP contribution in [0.25, 0.3) is 0 Å². The Morgan fingerprint density at radius 1 is 1.29 bits per heavy atom. The molecule has 1 N–H and O–H groups in total. The van der Waals surface area contributed by atoms with E-state index in [1.807, 2.05) is 0 Å². The molecule has 3 heteroatoms. The van der Waals surface area contributed by atoms with E-state index in [1.165, 1.54) is 19.3 Å². The van der Waals surface area contributed by atoms with Crippen LogP contribution in [0, 0.1) is 11.8 Å². The van der Waals surface area contributed by atoms with Gasteiger partial charge in [0, 0.05) is 0 Å². The molecule has 14 heavy (non-hydrogen) atoms. The van der Waals surface area contributed by atoms with Gasteiger partial charge in [0.05, 0.1) is 11.1 Å². The van der Waals surface area contributed by atoms with Crippen molar-refractivity contribution < 1.29 is 5.11 Å². The predicted molar refractivity (Wildman–Crippen MR) is 61.4 cm³/mol. The van der Waals surface area contributed by atoms with E-state index in [2.05, 4.69) is 27.8 Å². The van der Waals surface area contributed by atoms with Gasteiger partial charge in [0.25, 0.3) is 0 Å². The maximum atomic E-state index is 9.94. The Bertz CT molecular complexity index is 200. The van der Waals surface area contributed by atoms with Gasteiger partial charge in [-0.2, -0.15) is 0 Å². The molecule has 2 aliphatic rings. The summed E-state index contributed by atoms with van der Waals surface area (Å²) in [4.78, 5) is 2.99. The summed E-state index contributed by atoms with van der Waals surface area (Å²) in [5, 5.41) is 9.94. The fraction of sp³-hybridized carbons (Fsp3) is 1.00. The van der Waals surface area contributed by atoms with Gasteiger partial charge in [-0.3, -0.25) is 4.90 Å². The highest BCUT2D eigenvalue weighted by Gasteiger charge is 2.41. The molecule has 1 heterocycles. The van der Waals surface area contributed by atoms with E-state index < -0.39 is 0 Å². The first-order valence-electron chi connectivity index (χ1n) is 5.80. The third kappa shape index (κ3) is 1.86. The number of hydrogen-bond donors (Lipinski definition) is 1. The molecule has 0 aromatic rings. The van der Waals surface area contributed by atoms with E-state index in [4.69, 9.17) is 0 Å². The highest BCUT2D eigenvalue weighted by molar-refractivity contribution is 9.09. The van der Waals surface area contributed by atoms with E-state index in [9.17, 15) is 5.11 Å². The number of likely N-dealkylation sites (tertiary alicyclic amines) is 1. The van der Waals surface area contributed by atoms with Crippen LogP contribution in [0.15, 0.2) is 0 Å². The van der Waals surface area contributed by atoms with Gasteiger partial charge in [0.15, 0.2) is 0 Å². The number of hydrogen-bond acceptors (Lipinski definition) is 2. The van der Waals surface area contributed by atoms with Crippen molar-refractivity contribution in [2.45, 2.75) is 43.7 Å². The molecule has 4 unspecified atom stereocenters. The molecule has 0 bridgehead atoms. The fourth-order valence-corrected chi connectivity index (χ4v) is 4.22. The first kappa shape index (κ1) is 10.9. The number of alkyl halides is 1. The van der Waals surface area contributed by atoms with Crippen LogP contribution in [-0.2, 0) is 0 Å². The van der Waals surface area contributed by atoms with Crippen LogP contribution >= 0.6 is 15.9 Å². The molecule has 0 aromatic heterocycles. The van der Waals surface area contributed by atoms with Crippen molar-refractivity contribution in [3.63, 3.8) is 0 Å². The number of halogens is 1. The molecular weight excluding hydrogens is 242 g/mol. The molecule has 2 nitrogen and oxygen atoms in total. The molecular formula is C11H20BrNO. The van der Waals surface area contributed by atoms with Gasteiger partial charge in [0.1, 0.15) is 0 Å². The van der Waals surface area contributed by atoms with Gasteiger partial charge in [0.2, 0.25) is 0 Å². The van der Waals surface area contributed by atoms with Gasteiger partial charge in [-0.05, 0) is 44.2 Å². The van der Waals surface area contributed by atoms with Crippen molar-refractivity contribution in [3.8, 4) is 0 Å². The first-order chi connectivity index (χ1) is 6.74. The fourth-order valence-electron chi connectivity index (χ4n) is 3.07. The zero-order valence-corrected chi connectivity index (χ0v) is 10.4. The Morgan fingerprint density at radius 3 is 2.79 bits per heavy atom. The SMILES string of the molecule is CCN1CCC2C(O)CCCC2C1Br. The highest BCUT2D eigenvalue weighted by atomic mass is 79.9. The molecule has 0 aromatic carbocycles. The lowest BCUT2D eigenvalue weighted by Crippen LogP contribution is -2.50. The van der Waals surface area contributed by atoms with Gasteiger partial charge in [-0.15, -0.1) is 0 Å². The van der Waals surface area contributed by atoms with Crippen molar-refractivity contribution in [2.75, 3.05) is 13.1 Å². The highest BCUT2D eigenvalue weighted by Crippen LogP contribution is 2.41. The third-order valence-corrected chi connectivity index (χ3v) is 5.20. The third-order valence-electron chi connectivity index (χ3n) is 3.94. The molecule has 2 rings (SSSR count). The minimum absolute atomic E-state index is 0.0344. The summed E-state index contributed by atoms with van der Waals surface area (Å²) >= 11 is 3.80. The standard InChI is InChI=1S/C11H20BrNO/c1-2-13-7-6-8-9(11(13)12)4-3-5-10(8)14/h8-11,14H,2-7H2,1H3. The zero-order valence-electron chi connectivity index (χ0n) is 8.82. The summed E-state index contributed by atoms with van der Waals surface area (Å²) < 4.78 is 0. The average Bonchev–Trinajstić information content (AvgIpc) is 2.20. The molecule has 1 aliphatic carbocycles. The molecule has 2 fully saturated rings. The van der Waals surface area contributed by atoms with Crippen molar-refractivity contribution >= 4 is 15.9 Å². The molecule has 0 amide bonds. The minimum atomic E-state index is -0.0344. The van der Waals surface area contributed by atoms with E-state index >= 15 is 0 Å². The van der Waals surface area contributed by atoms with Crippen LogP contribution in [0.4, 0.5) is 0 Å². The van der Waals surface area contributed by atoms with E-state index in [-0.39, 0.29) is 6.10 Å². The smallest absolute Gasteiger partial charge is 0.0687 e. The second-order valence-corrected chi connectivity index (χ2v) is 5.55. The first-order valence-corrected chi connectivity index (χ1v) is 6.71. The molecule has 1 aliphatic heterocycles. The number of fused-ring (bicyclic) bond motifs is 1. The van der Waals surface area contributed by atoms with Crippen LogP contribution in [0.2, 0.25) is 0 Å². The summed E-state index contributed by atoms with van der Waals surface area (Å²) in [5.74, 6) is 1.23. The van der Waals surface area contributed by atoms with Gasteiger partial charge >= 0.3 is 0 Å². The van der Waals surface area contributed by atoms with Crippen LogP contribution in [0.3, 0.4) is 0 Å². The lowest BCUT2D eigenvalue weighted by Gasteiger charge is -2.46. The molecule has 0 spiro atoms. The average molecular weight is 262 g/mol. The number of piperidine rings is 1. The Hall–Kier alpha value is 0.400. The zero-order chi connectivity index (χ0) is 10.1. The summed E-state index contributed by atoms with van der Waals surface area (Å²) in [6.45, 7) is 4.48. The Labute approximate surface area is 94.8 Å². The quantitative estimate of drug-likeness (QED) is 0.578. The number of rotatable bonds is 1. The number of aliphatic hydroxyl groups excluding tert-OH is 1. The van der Waals surface area contributed by atoms with Crippen molar-refractivity contribution in [2.24, 2.45) is 11.8 Å². The molecule has 1 saturated heterocycles. The molecule has 0 radical (unpaired) electrons. The normalized spacial score (nSPS) is 44.8. The van der Waals surface area contributed by atoms with Crippen molar-refractivity contribution in [1.82, 2.24) is 4.90 Å². The number of aliphatic hydroxyl groups is 1. The van der Waals surface area contributed by atoms with Gasteiger partial charge in [-0.25, -0.2) is 0 Å².